The second-order valence-electron chi connectivity index (χ2n) is 8.26. The number of aliphatic hydroxyl groups is 1. The third-order valence-electron chi connectivity index (χ3n) is 6.14. The molecule has 1 fully saturated rings. The molecule has 2 N–H and O–H groups in total. The maximum atomic E-state index is 12.9. The largest absolute Gasteiger partial charge is 0.573 e. The molecular formula is C23H21F3N2O4S2. The third kappa shape index (κ3) is 4.28. The molecule has 0 amide bonds. The Morgan fingerprint density at radius 1 is 1.03 bits per heavy atom. The van der Waals surface area contributed by atoms with Crippen molar-refractivity contribution >= 4 is 42.5 Å². The minimum Gasteiger partial charge on any atom is -0.406 e. The standard InChI is InChI=1S/C23H21F3N2O4S2/c24-23(25,26)32-14-8-10-15(11-9-14)34(30,31)27-17-5-3-7-19(21(17)29)28-18-6-2-1-4-16(18)22-20(28)12-13-33-22/h1-2,4,6,8-13,17,19,21,27,29H,3,5,7H2/t17-,19?,21+/m0/s1. The monoisotopic (exact) mass is 510 g/mol. The maximum Gasteiger partial charge on any atom is 0.573 e. The Bertz CT molecular complexity index is 1430. The number of hydrogen-bond acceptors (Lipinski definition) is 5. The number of benzene rings is 2. The number of ether oxygens (including phenoxy) is 1. The zero-order valence-corrected chi connectivity index (χ0v) is 19.3. The second-order valence-corrected chi connectivity index (χ2v) is 10.9. The van der Waals surface area contributed by atoms with Crippen molar-refractivity contribution in [3.05, 3.63) is 60.0 Å². The number of halogens is 3. The van der Waals surface area contributed by atoms with Crippen molar-refractivity contribution < 1.29 is 31.4 Å². The van der Waals surface area contributed by atoms with Crippen LogP contribution in [0.4, 0.5) is 13.2 Å². The Labute approximate surface area is 197 Å². The molecule has 2 aromatic carbocycles. The van der Waals surface area contributed by atoms with E-state index in [1.807, 2.05) is 35.7 Å². The van der Waals surface area contributed by atoms with E-state index in [1.165, 1.54) is 0 Å². The van der Waals surface area contributed by atoms with Crippen LogP contribution in [0.3, 0.4) is 0 Å². The molecule has 0 aliphatic heterocycles. The normalized spacial score (nSPS) is 21.8. The molecule has 2 heterocycles. The molecule has 11 heteroatoms. The molecule has 0 saturated heterocycles. The number of sulfonamides is 1. The first-order valence-electron chi connectivity index (χ1n) is 10.7. The van der Waals surface area contributed by atoms with E-state index < -0.39 is 34.3 Å². The van der Waals surface area contributed by atoms with E-state index in [4.69, 9.17) is 0 Å². The highest BCUT2D eigenvalue weighted by molar-refractivity contribution is 7.89. The maximum absolute atomic E-state index is 12.9. The summed E-state index contributed by atoms with van der Waals surface area (Å²) in [5, 5.41) is 14.3. The lowest BCUT2D eigenvalue weighted by Gasteiger charge is -2.36. The highest BCUT2D eigenvalue weighted by Crippen LogP contribution is 2.40. The van der Waals surface area contributed by atoms with Crippen LogP contribution in [-0.2, 0) is 10.0 Å². The molecule has 180 valence electrons. The second kappa shape index (κ2) is 8.56. The highest BCUT2D eigenvalue weighted by atomic mass is 32.2. The van der Waals surface area contributed by atoms with Crippen molar-refractivity contribution in [2.24, 2.45) is 0 Å². The fourth-order valence-corrected chi connectivity index (χ4v) is 6.92. The first-order chi connectivity index (χ1) is 16.1. The average molecular weight is 511 g/mol. The van der Waals surface area contributed by atoms with E-state index in [9.17, 15) is 26.7 Å². The lowest BCUT2D eigenvalue weighted by molar-refractivity contribution is -0.274. The van der Waals surface area contributed by atoms with Gasteiger partial charge in [0.05, 0.1) is 38.8 Å². The zero-order valence-electron chi connectivity index (χ0n) is 17.7. The van der Waals surface area contributed by atoms with Crippen LogP contribution in [0.25, 0.3) is 21.1 Å². The van der Waals surface area contributed by atoms with E-state index in [0.717, 1.165) is 45.4 Å². The van der Waals surface area contributed by atoms with Crippen molar-refractivity contribution in [2.45, 2.75) is 48.7 Å². The summed E-state index contributed by atoms with van der Waals surface area (Å²) < 4.78 is 72.5. The molecular weight excluding hydrogens is 489 g/mol. The number of alkyl halides is 3. The van der Waals surface area contributed by atoms with Gasteiger partial charge in [0.2, 0.25) is 10.0 Å². The summed E-state index contributed by atoms with van der Waals surface area (Å²) in [7, 11) is -4.07. The third-order valence-corrected chi connectivity index (χ3v) is 8.58. The topological polar surface area (TPSA) is 80.6 Å². The molecule has 6 nitrogen and oxygen atoms in total. The molecule has 1 aliphatic carbocycles. The number of nitrogens with zero attached hydrogens (tertiary/aromatic N) is 1. The van der Waals surface area contributed by atoms with E-state index >= 15 is 0 Å². The van der Waals surface area contributed by atoms with Gasteiger partial charge in [-0.3, -0.25) is 0 Å². The van der Waals surface area contributed by atoms with Gasteiger partial charge in [0.15, 0.2) is 0 Å². The molecule has 0 spiro atoms. The van der Waals surface area contributed by atoms with Gasteiger partial charge in [0.1, 0.15) is 5.75 Å². The summed E-state index contributed by atoms with van der Waals surface area (Å²) >= 11 is 1.62. The number of fused-ring (bicyclic) bond motifs is 3. The molecule has 1 saturated carbocycles. The predicted octanol–water partition coefficient (Wildman–Crippen LogP) is 5.19. The Morgan fingerprint density at radius 3 is 2.50 bits per heavy atom. The first kappa shape index (κ1) is 23.2. The van der Waals surface area contributed by atoms with E-state index in [2.05, 4.69) is 14.0 Å². The van der Waals surface area contributed by atoms with Crippen LogP contribution in [0, 0.1) is 0 Å². The zero-order chi connectivity index (χ0) is 24.1. The van der Waals surface area contributed by atoms with Crippen LogP contribution in [-0.4, -0.2) is 36.6 Å². The van der Waals surface area contributed by atoms with Crippen molar-refractivity contribution in [3.63, 3.8) is 0 Å². The summed E-state index contributed by atoms with van der Waals surface area (Å²) in [5.41, 5.74) is 1.98. The van der Waals surface area contributed by atoms with Gasteiger partial charge >= 0.3 is 6.36 Å². The molecule has 0 bridgehead atoms. The van der Waals surface area contributed by atoms with Gasteiger partial charge in [-0.1, -0.05) is 18.2 Å². The Balaban J connectivity index is 1.41. The number of para-hydroxylation sites is 1. The van der Waals surface area contributed by atoms with Gasteiger partial charge in [0, 0.05) is 5.39 Å². The van der Waals surface area contributed by atoms with Crippen molar-refractivity contribution in [1.82, 2.24) is 9.29 Å². The van der Waals surface area contributed by atoms with Gasteiger partial charge in [-0.05, 0) is 61.0 Å². The molecule has 4 aromatic rings. The smallest absolute Gasteiger partial charge is 0.406 e. The highest BCUT2D eigenvalue weighted by Gasteiger charge is 2.37. The number of aromatic nitrogens is 1. The van der Waals surface area contributed by atoms with Crippen LogP contribution < -0.4 is 9.46 Å². The van der Waals surface area contributed by atoms with Crippen LogP contribution >= 0.6 is 11.3 Å². The van der Waals surface area contributed by atoms with Gasteiger partial charge in [-0.25, -0.2) is 13.1 Å². The van der Waals surface area contributed by atoms with Gasteiger partial charge < -0.3 is 14.4 Å². The summed E-state index contributed by atoms with van der Waals surface area (Å²) in [5.74, 6) is -0.511. The average Bonchev–Trinajstić information content (AvgIpc) is 3.36. The molecule has 5 rings (SSSR count). The number of nitrogens with one attached hydrogen (secondary N) is 1. The van der Waals surface area contributed by atoms with Gasteiger partial charge in [-0.2, -0.15) is 0 Å². The summed E-state index contributed by atoms with van der Waals surface area (Å²) in [6.45, 7) is 0. The Morgan fingerprint density at radius 2 is 1.76 bits per heavy atom. The molecule has 2 aromatic heterocycles. The number of hydrogen-bond donors (Lipinski definition) is 2. The number of aliphatic hydroxyl groups excluding tert-OH is 1. The lowest BCUT2D eigenvalue weighted by atomic mass is 9.88. The fourth-order valence-electron chi connectivity index (χ4n) is 4.71. The number of thiophene rings is 1. The van der Waals surface area contributed by atoms with Crippen molar-refractivity contribution in [1.29, 1.82) is 0 Å². The fraction of sp³-hybridized carbons (Fsp3) is 0.304. The van der Waals surface area contributed by atoms with Crippen molar-refractivity contribution in [3.8, 4) is 5.75 Å². The quantitative estimate of drug-likeness (QED) is 0.387. The summed E-state index contributed by atoms with van der Waals surface area (Å²) in [4.78, 5) is -0.206. The van der Waals surface area contributed by atoms with E-state index in [0.29, 0.717) is 19.3 Å². The molecule has 3 atom stereocenters. The minimum atomic E-state index is -4.86. The van der Waals surface area contributed by atoms with E-state index in [-0.39, 0.29) is 10.9 Å². The summed E-state index contributed by atoms with van der Waals surface area (Å²) in [6.07, 6.45) is -4.03. The van der Waals surface area contributed by atoms with E-state index in [1.54, 1.807) is 11.3 Å². The van der Waals surface area contributed by atoms with Crippen LogP contribution in [0.15, 0.2) is 64.9 Å². The lowest BCUT2D eigenvalue weighted by Crippen LogP contribution is -2.49. The van der Waals surface area contributed by atoms with Crippen LogP contribution in [0.5, 0.6) is 5.75 Å². The molecule has 1 unspecified atom stereocenters. The van der Waals surface area contributed by atoms with Crippen LogP contribution in [0.2, 0.25) is 0 Å². The van der Waals surface area contributed by atoms with Gasteiger partial charge in [0.25, 0.3) is 0 Å². The summed E-state index contributed by atoms with van der Waals surface area (Å²) in [6, 6.07) is 12.8. The first-order valence-corrected chi connectivity index (χ1v) is 13.0. The van der Waals surface area contributed by atoms with Gasteiger partial charge in [-0.15, -0.1) is 24.5 Å². The number of rotatable bonds is 5. The van der Waals surface area contributed by atoms with Crippen LogP contribution in [0.1, 0.15) is 25.3 Å². The molecule has 1 aliphatic rings. The predicted molar refractivity (Wildman–Crippen MR) is 123 cm³/mol. The minimum absolute atomic E-state index is 0.206. The SMILES string of the molecule is O=S(=O)(N[C@H]1CCCC(n2c3ccccc3c3sccc32)[C@@H]1O)c1ccc(OC(F)(F)F)cc1. The molecule has 0 radical (unpaired) electrons. The Kier molecular flexibility index (Phi) is 5.83. The van der Waals surface area contributed by atoms with Crippen molar-refractivity contribution in [2.75, 3.05) is 0 Å². The molecule has 34 heavy (non-hydrogen) atoms. The Hall–Kier alpha value is -2.60.